The van der Waals surface area contributed by atoms with Crippen molar-refractivity contribution in [2.45, 2.75) is 11.7 Å². The lowest BCUT2D eigenvalue weighted by Gasteiger charge is -2.17. The molecule has 0 N–H and O–H groups in total. The molecule has 6 nitrogen and oxygen atoms in total. The number of halogens is 6. The van der Waals surface area contributed by atoms with Crippen molar-refractivity contribution in [3.63, 3.8) is 0 Å². The van der Waals surface area contributed by atoms with Crippen LogP contribution in [0.2, 0.25) is 0 Å². The molecule has 1 amide bonds. The lowest BCUT2D eigenvalue weighted by Crippen LogP contribution is -2.26. The molecule has 3 aromatic heterocycles. The third-order valence-corrected chi connectivity index (χ3v) is 5.56. The summed E-state index contributed by atoms with van der Waals surface area (Å²) >= 11 is 6.56. The smallest absolute Gasteiger partial charge is 0.406 e. The number of hydrogen-bond donors (Lipinski definition) is 0. The quantitative estimate of drug-likeness (QED) is 0.251. The first-order valence-electron chi connectivity index (χ1n) is 9.08. The molecule has 4 aromatic rings. The van der Waals surface area contributed by atoms with E-state index in [4.69, 9.17) is 11.6 Å². The van der Waals surface area contributed by atoms with Crippen LogP contribution in [0.25, 0.3) is 16.2 Å². The fourth-order valence-corrected chi connectivity index (χ4v) is 3.81. The summed E-state index contributed by atoms with van der Waals surface area (Å²) in [6.45, 7) is 0. The first-order valence-corrected chi connectivity index (χ1v) is 10.3. The monoisotopic (exact) mass is 502 g/mol. The Morgan fingerprint density at radius 1 is 1.12 bits per heavy atom. The van der Waals surface area contributed by atoms with Gasteiger partial charge >= 0.3 is 11.7 Å². The highest BCUT2D eigenvalue weighted by atomic mass is 35.5. The van der Waals surface area contributed by atoms with E-state index in [9.17, 15) is 26.7 Å². The van der Waals surface area contributed by atoms with Gasteiger partial charge in [-0.15, -0.1) is 24.5 Å². The number of aromatic nitrogens is 3. The van der Waals surface area contributed by atoms with Crippen molar-refractivity contribution >= 4 is 40.2 Å². The number of benzene rings is 1. The number of thiophene rings is 1. The number of carbonyl (C=O) groups excluding carboxylic acids is 1. The lowest BCUT2D eigenvalue weighted by molar-refractivity contribution is -0.274. The first-order chi connectivity index (χ1) is 15.4. The van der Waals surface area contributed by atoms with Gasteiger partial charge in [0.15, 0.2) is 11.3 Å². The van der Waals surface area contributed by atoms with Gasteiger partial charge in [-0.25, -0.2) is 9.50 Å². The summed E-state index contributed by atoms with van der Waals surface area (Å²) in [5, 5.41) is 1.91. The Morgan fingerprint density at radius 2 is 1.82 bits per heavy atom. The van der Waals surface area contributed by atoms with Gasteiger partial charge in [-0.05, 0) is 53.4 Å². The Labute approximate surface area is 191 Å². The summed E-state index contributed by atoms with van der Waals surface area (Å²) in [6, 6.07) is 10.3. The summed E-state index contributed by atoms with van der Waals surface area (Å²) in [7, 11) is 1.35. The van der Waals surface area contributed by atoms with Gasteiger partial charge in [-0.1, -0.05) is 6.07 Å². The second-order valence-electron chi connectivity index (χ2n) is 6.71. The number of rotatable bonds is 5. The van der Waals surface area contributed by atoms with E-state index >= 15 is 0 Å². The molecule has 13 heteroatoms. The zero-order valence-electron chi connectivity index (χ0n) is 16.5. The molecule has 0 aliphatic heterocycles. The Kier molecular flexibility index (Phi) is 5.74. The Bertz CT molecular complexity index is 1300. The van der Waals surface area contributed by atoms with Crippen LogP contribution in [-0.4, -0.2) is 33.9 Å². The summed E-state index contributed by atoms with van der Waals surface area (Å²) < 4.78 is 69.7. The van der Waals surface area contributed by atoms with Gasteiger partial charge in [0.05, 0.1) is 10.6 Å². The van der Waals surface area contributed by atoms with Crippen molar-refractivity contribution in [2.75, 3.05) is 11.9 Å². The lowest BCUT2D eigenvalue weighted by atomic mass is 10.2. The van der Waals surface area contributed by atoms with E-state index in [1.807, 2.05) is 0 Å². The van der Waals surface area contributed by atoms with Gasteiger partial charge in [0, 0.05) is 18.8 Å². The van der Waals surface area contributed by atoms with Crippen LogP contribution in [0.15, 0.2) is 53.9 Å². The maximum atomic E-state index is 14.1. The zero-order valence-corrected chi connectivity index (χ0v) is 18.0. The maximum Gasteiger partial charge on any atom is 0.573 e. The van der Waals surface area contributed by atoms with Crippen molar-refractivity contribution in [3.8, 4) is 16.3 Å². The molecule has 0 unspecified atom stereocenters. The Morgan fingerprint density at radius 3 is 2.39 bits per heavy atom. The van der Waals surface area contributed by atoms with E-state index in [0.717, 1.165) is 27.6 Å². The number of anilines is 1. The molecule has 172 valence electrons. The molecule has 3 heterocycles. The number of fused-ring (bicyclic) bond motifs is 1. The average molecular weight is 503 g/mol. The highest BCUT2D eigenvalue weighted by molar-refractivity contribution is 7.13. The SMILES string of the molecule is CN(C(=O)c1cc2nc(-c3cccs3)cc(C(F)(F)Cl)n2n1)c1ccc(OC(F)(F)F)cc1. The average Bonchev–Trinajstić information content (AvgIpc) is 3.40. The van der Waals surface area contributed by atoms with Crippen LogP contribution in [0.5, 0.6) is 5.75 Å². The molecule has 4 rings (SSSR count). The molecular weight excluding hydrogens is 491 g/mol. The molecule has 0 saturated carbocycles. The van der Waals surface area contributed by atoms with E-state index in [-0.39, 0.29) is 22.7 Å². The predicted molar refractivity (Wildman–Crippen MR) is 112 cm³/mol. The molecule has 0 aliphatic carbocycles. The minimum Gasteiger partial charge on any atom is -0.406 e. The standard InChI is InChI=1S/C20H12ClF5N4O2S/c1-29(11-4-6-12(7-5-11)32-20(24,25)26)18(31)14-10-17-27-13(15-3-2-8-33-15)9-16(19(21,22)23)30(17)28-14/h2-10H,1H3. The molecule has 0 saturated heterocycles. The fourth-order valence-electron chi connectivity index (χ4n) is 2.99. The third-order valence-electron chi connectivity index (χ3n) is 4.47. The maximum absolute atomic E-state index is 14.1. The number of nitrogens with zero attached hydrogens (tertiary/aromatic N) is 4. The van der Waals surface area contributed by atoms with E-state index in [0.29, 0.717) is 4.88 Å². The van der Waals surface area contributed by atoms with Gasteiger partial charge in [0.2, 0.25) is 0 Å². The van der Waals surface area contributed by atoms with Crippen molar-refractivity contribution in [1.82, 2.24) is 14.6 Å². The summed E-state index contributed by atoms with van der Waals surface area (Å²) in [6.07, 6.45) is -4.85. The minimum absolute atomic E-state index is 0.0260. The first kappa shape index (κ1) is 22.9. The topological polar surface area (TPSA) is 59.7 Å². The minimum atomic E-state index is -4.85. The summed E-state index contributed by atoms with van der Waals surface area (Å²) in [4.78, 5) is 18.9. The second kappa shape index (κ2) is 8.27. The van der Waals surface area contributed by atoms with E-state index < -0.39 is 29.1 Å². The zero-order chi connectivity index (χ0) is 24.0. The van der Waals surface area contributed by atoms with E-state index in [1.54, 1.807) is 17.5 Å². The molecule has 0 radical (unpaired) electrons. The van der Waals surface area contributed by atoms with Gasteiger partial charge in [-0.3, -0.25) is 4.79 Å². The van der Waals surface area contributed by atoms with E-state index in [2.05, 4.69) is 14.8 Å². The molecule has 0 atom stereocenters. The van der Waals surface area contributed by atoms with Gasteiger partial charge in [0.25, 0.3) is 5.91 Å². The number of carbonyl (C=O) groups is 1. The summed E-state index contributed by atoms with van der Waals surface area (Å²) in [5.74, 6) is -1.16. The number of amides is 1. The molecule has 1 aromatic carbocycles. The Balaban J connectivity index is 1.68. The van der Waals surface area contributed by atoms with Crippen molar-refractivity contribution < 1.29 is 31.5 Å². The molecule has 0 spiro atoms. The van der Waals surface area contributed by atoms with Crippen LogP contribution in [-0.2, 0) is 5.38 Å². The van der Waals surface area contributed by atoms with Crippen LogP contribution in [0.1, 0.15) is 16.2 Å². The van der Waals surface area contributed by atoms with E-state index in [1.165, 1.54) is 36.6 Å². The normalized spacial score (nSPS) is 12.2. The molecule has 0 bridgehead atoms. The van der Waals surface area contributed by atoms with Gasteiger partial charge < -0.3 is 9.64 Å². The number of ether oxygens (including phenoxy) is 1. The molecule has 33 heavy (non-hydrogen) atoms. The van der Waals surface area contributed by atoms with Crippen LogP contribution in [0.4, 0.5) is 27.6 Å². The number of alkyl halides is 6. The van der Waals surface area contributed by atoms with Gasteiger partial charge in [-0.2, -0.15) is 13.9 Å². The van der Waals surface area contributed by atoms with Crippen LogP contribution < -0.4 is 9.64 Å². The molecule has 0 fully saturated rings. The van der Waals surface area contributed by atoms with Crippen LogP contribution in [0.3, 0.4) is 0 Å². The highest BCUT2D eigenvalue weighted by Gasteiger charge is 2.34. The number of hydrogen-bond acceptors (Lipinski definition) is 5. The van der Waals surface area contributed by atoms with Crippen LogP contribution >= 0.6 is 22.9 Å². The largest absolute Gasteiger partial charge is 0.573 e. The van der Waals surface area contributed by atoms with Crippen molar-refractivity contribution in [2.24, 2.45) is 0 Å². The predicted octanol–water partition coefficient (Wildman–Crippen LogP) is 5.92. The van der Waals surface area contributed by atoms with Gasteiger partial charge in [0.1, 0.15) is 11.4 Å². The molecular formula is C20H12ClF5N4O2S. The highest BCUT2D eigenvalue weighted by Crippen LogP contribution is 2.35. The summed E-state index contributed by atoms with van der Waals surface area (Å²) in [5.41, 5.74) is -0.456. The third kappa shape index (κ3) is 4.91. The van der Waals surface area contributed by atoms with Crippen LogP contribution in [0, 0.1) is 0 Å². The Hall–Kier alpha value is -3.25. The van der Waals surface area contributed by atoms with Crippen molar-refractivity contribution in [3.05, 3.63) is 65.3 Å². The van der Waals surface area contributed by atoms with Crippen molar-refractivity contribution in [1.29, 1.82) is 0 Å². The second-order valence-corrected chi connectivity index (χ2v) is 8.13. The fraction of sp³-hybridized carbons (Fsp3) is 0.150. The molecule has 0 aliphatic rings.